The fourth-order valence-electron chi connectivity index (χ4n) is 5.44. The average Bonchev–Trinajstić information content (AvgIpc) is 2.98. The molecule has 3 aliphatic rings. The van der Waals surface area contributed by atoms with E-state index in [9.17, 15) is 9.18 Å². The number of anilines is 1. The Bertz CT molecular complexity index is 1150. The molecule has 1 amide bonds. The summed E-state index contributed by atoms with van der Waals surface area (Å²) in [5.74, 6) is -0.0829. The van der Waals surface area contributed by atoms with Crippen LogP contribution in [0.2, 0.25) is 5.15 Å². The SMILES string of the molecule is Cc1nc2c3c(nc(Cl)c(F)c3c1C)OC(CF)C1C3CCC(CN21)N3C(=O)OC(C)(C)C. The zero-order valence-corrected chi connectivity index (χ0v) is 20.0. The molecule has 5 rings (SSSR count). The van der Waals surface area contributed by atoms with Crippen molar-refractivity contribution in [3.8, 4) is 5.88 Å². The van der Waals surface area contributed by atoms with Crippen LogP contribution in [-0.2, 0) is 4.74 Å². The number of ether oxygens (including phenoxy) is 2. The number of pyridine rings is 2. The number of aryl methyl sites for hydroxylation is 2. The van der Waals surface area contributed by atoms with Gasteiger partial charge in [0, 0.05) is 17.6 Å². The first-order valence-corrected chi connectivity index (χ1v) is 11.6. The van der Waals surface area contributed by atoms with E-state index in [1.807, 2.05) is 25.7 Å². The molecule has 178 valence electrons. The molecule has 4 unspecified atom stereocenters. The van der Waals surface area contributed by atoms with Gasteiger partial charge in [-0.1, -0.05) is 11.6 Å². The van der Waals surface area contributed by atoms with Gasteiger partial charge in [-0.05, 0) is 53.0 Å². The lowest BCUT2D eigenvalue weighted by atomic mass is 9.97. The Morgan fingerprint density at radius 1 is 1.24 bits per heavy atom. The maximum Gasteiger partial charge on any atom is 0.410 e. The van der Waals surface area contributed by atoms with Crippen LogP contribution in [0.4, 0.5) is 19.4 Å². The molecule has 4 atom stereocenters. The number of hydrogen-bond donors (Lipinski definition) is 0. The quantitative estimate of drug-likeness (QED) is 0.550. The minimum atomic E-state index is -0.939. The first kappa shape index (κ1) is 22.4. The number of rotatable bonds is 1. The van der Waals surface area contributed by atoms with Crippen LogP contribution >= 0.6 is 11.6 Å². The van der Waals surface area contributed by atoms with Crippen molar-refractivity contribution in [1.29, 1.82) is 0 Å². The van der Waals surface area contributed by atoms with Crippen molar-refractivity contribution >= 4 is 34.3 Å². The number of hydrogen-bond acceptors (Lipinski definition) is 6. The summed E-state index contributed by atoms with van der Waals surface area (Å²) >= 11 is 6.10. The largest absolute Gasteiger partial charge is 0.469 e. The van der Waals surface area contributed by atoms with E-state index in [0.29, 0.717) is 35.4 Å². The number of carbonyl (C=O) groups is 1. The Morgan fingerprint density at radius 2 is 1.97 bits per heavy atom. The van der Waals surface area contributed by atoms with Gasteiger partial charge in [0.1, 0.15) is 18.1 Å². The van der Waals surface area contributed by atoms with Gasteiger partial charge in [0.05, 0.1) is 23.5 Å². The first-order valence-electron chi connectivity index (χ1n) is 11.2. The van der Waals surface area contributed by atoms with E-state index in [0.717, 1.165) is 6.42 Å². The summed E-state index contributed by atoms with van der Waals surface area (Å²) in [6.07, 6.45) is 0.0763. The lowest BCUT2D eigenvalue weighted by molar-refractivity contribution is -0.00224. The van der Waals surface area contributed by atoms with Crippen molar-refractivity contribution in [1.82, 2.24) is 14.9 Å². The summed E-state index contributed by atoms with van der Waals surface area (Å²) in [7, 11) is 0. The van der Waals surface area contributed by atoms with Crippen molar-refractivity contribution in [2.75, 3.05) is 18.1 Å². The Hall–Kier alpha value is -2.42. The van der Waals surface area contributed by atoms with E-state index in [2.05, 4.69) is 4.98 Å². The van der Waals surface area contributed by atoms with Gasteiger partial charge in [-0.15, -0.1) is 0 Å². The predicted octanol–water partition coefficient (Wildman–Crippen LogP) is 4.73. The third-order valence-corrected chi connectivity index (χ3v) is 7.11. The predicted molar refractivity (Wildman–Crippen MR) is 120 cm³/mol. The second-order valence-electron chi connectivity index (χ2n) is 10.1. The van der Waals surface area contributed by atoms with Crippen LogP contribution in [0.3, 0.4) is 0 Å². The van der Waals surface area contributed by atoms with E-state index in [-0.39, 0.29) is 28.5 Å². The summed E-state index contributed by atoms with van der Waals surface area (Å²) < 4.78 is 41.3. The summed E-state index contributed by atoms with van der Waals surface area (Å²) in [6, 6.07) is -1.01. The van der Waals surface area contributed by atoms with Gasteiger partial charge < -0.3 is 14.4 Å². The highest BCUT2D eigenvalue weighted by molar-refractivity contribution is 6.30. The van der Waals surface area contributed by atoms with Crippen LogP contribution in [0.5, 0.6) is 5.88 Å². The van der Waals surface area contributed by atoms with Crippen LogP contribution in [0, 0.1) is 19.7 Å². The van der Waals surface area contributed by atoms with E-state index in [1.165, 1.54) is 0 Å². The molecule has 0 aromatic carbocycles. The molecule has 3 aliphatic heterocycles. The second-order valence-corrected chi connectivity index (χ2v) is 10.4. The summed E-state index contributed by atoms with van der Waals surface area (Å²) in [6.45, 7) is 8.63. The lowest BCUT2D eigenvalue weighted by Crippen LogP contribution is -2.66. The molecular formula is C23H27ClF2N4O3. The van der Waals surface area contributed by atoms with Crippen LogP contribution in [0.1, 0.15) is 44.9 Å². The molecule has 0 radical (unpaired) electrons. The fraction of sp³-hybridized carbons (Fsp3) is 0.609. The van der Waals surface area contributed by atoms with E-state index in [1.54, 1.807) is 18.7 Å². The summed E-state index contributed by atoms with van der Waals surface area (Å²) in [5.41, 5.74) is 0.624. The molecule has 2 aromatic rings. The van der Waals surface area contributed by atoms with E-state index >= 15 is 4.39 Å². The van der Waals surface area contributed by atoms with Crippen LogP contribution in [0.25, 0.3) is 10.8 Å². The van der Waals surface area contributed by atoms with Crippen LogP contribution in [-0.4, -0.2) is 64.0 Å². The second kappa shape index (κ2) is 7.55. The molecule has 5 heterocycles. The number of carbonyl (C=O) groups excluding carboxylic acids is 1. The molecular weight excluding hydrogens is 454 g/mol. The molecule has 10 heteroatoms. The highest BCUT2D eigenvalue weighted by Gasteiger charge is 2.54. The standard InChI is InChI=1S/C23H27ClF2N4O3/c1-10-11(2)27-20-16-15(10)17(26)19(24)28-21(16)32-14(8-25)18-13-7-6-12(9-29(18)20)30(13)22(31)33-23(3,4)5/h12-14,18H,6-9H2,1-5H3. The maximum absolute atomic E-state index is 15.1. The van der Waals surface area contributed by atoms with Gasteiger partial charge >= 0.3 is 6.09 Å². The van der Waals surface area contributed by atoms with E-state index in [4.69, 9.17) is 26.1 Å². The Labute approximate surface area is 196 Å². The third kappa shape index (κ3) is 3.38. The fourth-order valence-corrected chi connectivity index (χ4v) is 5.61. The lowest BCUT2D eigenvalue weighted by Gasteiger charge is -2.48. The molecule has 33 heavy (non-hydrogen) atoms. The van der Waals surface area contributed by atoms with Gasteiger partial charge in [-0.3, -0.25) is 4.90 Å². The van der Waals surface area contributed by atoms with Gasteiger partial charge in [0.25, 0.3) is 0 Å². The molecule has 0 N–H and O–H groups in total. The summed E-state index contributed by atoms with van der Waals surface area (Å²) in [4.78, 5) is 25.7. The molecule has 0 spiro atoms. The average molecular weight is 481 g/mol. The smallest absolute Gasteiger partial charge is 0.410 e. The molecule has 2 aromatic heterocycles. The monoisotopic (exact) mass is 480 g/mol. The molecule has 0 saturated carbocycles. The minimum absolute atomic E-state index is 0.0683. The van der Waals surface area contributed by atoms with Gasteiger partial charge in [-0.25, -0.2) is 18.6 Å². The van der Waals surface area contributed by atoms with Gasteiger partial charge in [0.2, 0.25) is 5.88 Å². The highest BCUT2D eigenvalue weighted by Crippen LogP contribution is 2.47. The maximum atomic E-state index is 15.1. The number of piperazine rings is 1. The Kier molecular flexibility index (Phi) is 5.12. The summed E-state index contributed by atoms with van der Waals surface area (Å²) in [5, 5.41) is 0.352. The molecule has 2 fully saturated rings. The number of fused-ring (bicyclic) bond motifs is 5. The number of nitrogens with zero attached hydrogens (tertiary/aromatic N) is 4. The zero-order chi connectivity index (χ0) is 23.8. The first-order chi connectivity index (χ1) is 15.5. The Morgan fingerprint density at radius 3 is 2.64 bits per heavy atom. The number of halogens is 3. The van der Waals surface area contributed by atoms with Gasteiger partial charge in [-0.2, -0.15) is 4.98 Å². The van der Waals surface area contributed by atoms with Crippen molar-refractivity contribution in [3.63, 3.8) is 0 Å². The Balaban J connectivity index is 1.68. The molecule has 2 bridgehead atoms. The van der Waals surface area contributed by atoms with Gasteiger partial charge in [0.15, 0.2) is 17.1 Å². The number of alkyl halides is 1. The van der Waals surface area contributed by atoms with Crippen LogP contribution in [0.15, 0.2) is 0 Å². The van der Waals surface area contributed by atoms with E-state index < -0.39 is 36.3 Å². The van der Waals surface area contributed by atoms with Crippen molar-refractivity contribution in [2.45, 2.75) is 77.3 Å². The van der Waals surface area contributed by atoms with Crippen molar-refractivity contribution < 1.29 is 23.0 Å². The minimum Gasteiger partial charge on any atom is -0.469 e. The van der Waals surface area contributed by atoms with Crippen molar-refractivity contribution in [2.24, 2.45) is 0 Å². The third-order valence-electron chi connectivity index (χ3n) is 6.86. The normalized spacial score (nSPS) is 26.2. The number of amides is 1. The molecule has 2 saturated heterocycles. The van der Waals surface area contributed by atoms with Crippen molar-refractivity contribution in [3.05, 3.63) is 22.2 Å². The molecule has 7 nitrogen and oxygen atoms in total. The molecule has 0 aliphatic carbocycles. The highest BCUT2D eigenvalue weighted by atomic mass is 35.5. The zero-order valence-electron chi connectivity index (χ0n) is 19.3. The topological polar surface area (TPSA) is 67.8 Å². The van der Waals surface area contributed by atoms with Crippen LogP contribution < -0.4 is 9.64 Å². The number of aromatic nitrogens is 2.